The van der Waals surface area contributed by atoms with Crippen molar-refractivity contribution in [1.82, 2.24) is 0 Å². The number of hydrogen-bond acceptors (Lipinski definition) is 5. The first-order valence-electron chi connectivity index (χ1n) is 9.40. The van der Waals surface area contributed by atoms with Gasteiger partial charge in [0.05, 0.1) is 12.5 Å². The van der Waals surface area contributed by atoms with E-state index in [1.807, 2.05) is 49.9 Å². The van der Waals surface area contributed by atoms with Crippen molar-refractivity contribution in [3.63, 3.8) is 0 Å². The molecular weight excluding hydrogens is 364 g/mol. The van der Waals surface area contributed by atoms with Crippen LogP contribution in [0.3, 0.4) is 0 Å². The second-order valence-electron chi connectivity index (χ2n) is 6.72. The smallest absolute Gasteiger partial charge is 0.308 e. The van der Waals surface area contributed by atoms with Crippen molar-refractivity contribution in [2.75, 3.05) is 12.4 Å². The molecule has 0 aliphatic heterocycles. The fraction of sp³-hybridized carbons (Fsp3) is 0.524. The van der Waals surface area contributed by atoms with Gasteiger partial charge in [-0.05, 0) is 36.9 Å². The minimum atomic E-state index is -0.0921. The van der Waals surface area contributed by atoms with E-state index in [1.54, 1.807) is 0 Å². The molecule has 0 atom stereocenters. The summed E-state index contributed by atoms with van der Waals surface area (Å²) in [4.78, 5) is 12.5. The Labute approximate surface area is 165 Å². The van der Waals surface area contributed by atoms with Gasteiger partial charge < -0.3 is 9.15 Å². The number of benzene rings is 1. The summed E-state index contributed by atoms with van der Waals surface area (Å²) in [5, 5.41) is 1.14. The predicted molar refractivity (Wildman–Crippen MR) is 111 cm³/mol. The average molecular weight is 393 g/mol. The molecule has 0 aliphatic carbocycles. The molecule has 0 unspecified atom stereocenters. The SMILES string of the molecule is CC(C)C(=O)OCCCCCCCCSc1cc(=S)oc2ccccc12. The topological polar surface area (TPSA) is 39.4 Å². The maximum absolute atomic E-state index is 11.3. The Bertz CT molecular complexity index is 752. The van der Waals surface area contributed by atoms with Gasteiger partial charge >= 0.3 is 5.97 Å². The molecule has 0 amide bonds. The van der Waals surface area contributed by atoms with Crippen LogP contribution in [0.25, 0.3) is 11.0 Å². The minimum absolute atomic E-state index is 0.0281. The molecule has 142 valence electrons. The lowest BCUT2D eigenvalue weighted by Gasteiger charge is -2.07. The first-order chi connectivity index (χ1) is 12.6. The zero-order valence-corrected chi connectivity index (χ0v) is 17.3. The quantitative estimate of drug-likeness (QED) is 0.182. The van der Waals surface area contributed by atoms with Crippen LogP contribution >= 0.6 is 24.0 Å². The van der Waals surface area contributed by atoms with E-state index in [1.165, 1.54) is 30.6 Å². The van der Waals surface area contributed by atoms with Gasteiger partial charge in [0.15, 0.2) is 4.71 Å². The summed E-state index contributed by atoms with van der Waals surface area (Å²) in [7, 11) is 0. The van der Waals surface area contributed by atoms with Crippen LogP contribution in [0.5, 0.6) is 0 Å². The number of esters is 1. The summed E-state index contributed by atoms with van der Waals surface area (Å²) in [6.45, 7) is 4.29. The van der Waals surface area contributed by atoms with Crippen LogP contribution < -0.4 is 0 Å². The molecule has 0 radical (unpaired) electrons. The Morgan fingerprint density at radius 2 is 1.81 bits per heavy atom. The maximum Gasteiger partial charge on any atom is 0.308 e. The molecule has 2 rings (SSSR count). The van der Waals surface area contributed by atoms with Gasteiger partial charge in [0.25, 0.3) is 0 Å². The molecule has 0 fully saturated rings. The third kappa shape index (κ3) is 7.12. The van der Waals surface area contributed by atoms with Gasteiger partial charge in [0.1, 0.15) is 5.58 Å². The van der Waals surface area contributed by atoms with E-state index >= 15 is 0 Å². The van der Waals surface area contributed by atoms with Gasteiger partial charge in [-0.25, -0.2) is 0 Å². The summed E-state index contributed by atoms with van der Waals surface area (Å²) in [5.74, 6) is 0.972. The summed E-state index contributed by atoms with van der Waals surface area (Å²) >= 11 is 7.07. The van der Waals surface area contributed by atoms with Gasteiger partial charge in [-0.15, -0.1) is 11.8 Å². The van der Waals surface area contributed by atoms with E-state index in [4.69, 9.17) is 21.4 Å². The number of thioether (sulfide) groups is 1. The second-order valence-corrected chi connectivity index (χ2v) is 8.26. The molecule has 0 N–H and O–H groups in total. The van der Waals surface area contributed by atoms with Gasteiger partial charge in [0.2, 0.25) is 0 Å². The van der Waals surface area contributed by atoms with Crippen LogP contribution in [0, 0.1) is 10.6 Å². The highest BCUT2D eigenvalue weighted by atomic mass is 32.2. The summed E-state index contributed by atoms with van der Waals surface area (Å²) in [6, 6.07) is 10.0. The maximum atomic E-state index is 11.3. The van der Waals surface area contributed by atoms with Crippen LogP contribution in [0.15, 0.2) is 39.6 Å². The third-order valence-corrected chi connectivity index (χ3v) is 5.47. The molecule has 1 aromatic carbocycles. The first kappa shape index (κ1) is 21.0. The van der Waals surface area contributed by atoms with E-state index in [2.05, 4.69) is 6.07 Å². The van der Waals surface area contributed by atoms with Crippen molar-refractivity contribution in [2.24, 2.45) is 5.92 Å². The summed E-state index contributed by atoms with van der Waals surface area (Å²) in [6.07, 6.45) is 6.95. The molecule has 5 heteroatoms. The Balaban J connectivity index is 1.58. The number of carbonyl (C=O) groups excluding carboxylic acids is 1. The van der Waals surface area contributed by atoms with Crippen molar-refractivity contribution >= 4 is 40.9 Å². The van der Waals surface area contributed by atoms with Crippen molar-refractivity contribution in [3.8, 4) is 0 Å². The normalized spacial score (nSPS) is 11.2. The lowest BCUT2D eigenvalue weighted by Crippen LogP contribution is -2.12. The van der Waals surface area contributed by atoms with Crippen LogP contribution in [-0.4, -0.2) is 18.3 Å². The number of ether oxygens (including phenoxy) is 1. The van der Waals surface area contributed by atoms with Crippen LogP contribution in [0.1, 0.15) is 52.4 Å². The molecular formula is C21H28O3S2. The molecule has 0 spiro atoms. The van der Waals surface area contributed by atoms with E-state index in [9.17, 15) is 4.79 Å². The third-order valence-electron chi connectivity index (χ3n) is 4.12. The van der Waals surface area contributed by atoms with E-state index < -0.39 is 0 Å². The zero-order chi connectivity index (χ0) is 18.8. The highest BCUT2D eigenvalue weighted by Crippen LogP contribution is 2.29. The monoisotopic (exact) mass is 392 g/mol. The lowest BCUT2D eigenvalue weighted by molar-refractivity contribution is -0.147. The molecule has 1 heterocycles. The average Bonchev–Trinajstić information content (AvgIpc) is 2.62. The number of rotatable bonds is 11. The largest absolute Gasteiger partial charge is 0.465 e. The lowest BCUT2D eigenvalue weighted by atomic mass is 10.1. The highest BCUT2D eigenvalue weighted by molar-refractivity contribution is 7.99. The summed E-state index contributed by atoms with van der Waals surface area (Å²) < 4.78 is 11.3. The first-order valence-corrected chi connectivity index (χ1v) is 10.8. The van der Waals surface area contributed by atoms with Crippen LogP contribution in [0.4, 0.5) is 0 Å². The Hall–Kier alpha value is -1.33. The fourth-order valence-corrected chi connectivity index (χ4v) is 4.00. The van der Waals surface area contributed by atoms with Crippen molar-refractivity contribution < 1.29 is 13.9 Å². The number of hydrogen-bond donors (Lipinski definition) is 0. The van der Waals surface area contributed by atoms with E-state index in [0.29, 0.717) is 11.3 Å². The van der Waals surface area contributed by atoms with Crippen LogP contribution in [0.2, 0.25) is 0 Å². The van der Waals surface area contributed by atoms with Crippen molar-refractivity contribution in [1.29, 1.82) is 0 Å². The van der Waals surface area contributed by atoms with Gasteiger partial charge in [-0.3, -0.25) is 4.79 Å². The Morgan fingerprint density at radius 3 is 2.58 bits per heavy atom. The molecule has 26 heavy (non-hydrogen) atoms. The predicted octanol–water partition coefficient (Wildman–Crippen LogP) is 6.79. The molecule has 3 nitrogen and oxygen atoms in total. The number of para-hydroxylation sites is 1. The Kier molecular flexibility index (Phi) is 9.19. The van der Waals surface area contributed by atoms with E-state index in [-0.39, 0.29) is 11.9 Å². The van der Waals surface area contributed by atoms with Crippen molar-refractivity contribution in [3.05, 3.63) is 35.0 Å². The molecule has 1 aromatic heterocycles. The number of carbonyl (C=O) groups is 1. The molecule has 0 bridgehead atoms. The van der Waals surface area contributed by atoms with Gasteiger partial charge in [-0.2, -0.15) is 0 Å². The Morgan fingerprint density at radius 1 is 1.12 bits per heavy atom. The standard InChI is InChI=1S/C21H28O3S2/c1-16(2)21(22)23-13-9-5-3-4-6-10-14-26-19-15-20(25)24-18-12-8-7-11-17(18)19/h7-8,11-12,15-16H,3-6,9-10,13-14H2,1-2H3. The molecule has 0 saturated heterocycles. The van der Waals surface area contributed by atoms with Gasteiger partial charge in [-0.1, -0.05) is 57.7 Å². The van der Waals surface area contributed by atoms with E-state index in [0.717, 1.165) is 29.6 Å². The van der Waals surface area contributed by atoms with Crippen LogP contribution in [-0.2, 0) is 9.53 Å². The molecule has 2 aromatic rings. The molecule has 0 aliphatic rings. The van der Waals surface area contributed by atoms with Gasteiger partial charge in [0, 0.05) is 16.3 Å². The number of unbranched alkanes of at least 4 members (excludes halogenated alkanes) is 5. The minimum Gasteiger partial charge on any atom is -0.465 e. The second kappa shape index (κ2) is 11.4. The summed E-state index contributed by atoms with van der Waals surface area (Å²) in [5.41, 5.74) is 0.862. The number of fused-ring (bicyclic) bond motifs is 1. The fourth-order valence-electron chi connectivity index (χ4n) is 2.63. The molecule has 0 saturated carbocycles. The van der Waals surface area contributed by atoms with Crippen molar-refractivity contribution in [2.45, 2.75) is 57.3 Å². The highest BCUT2D eigenvalue weighted by Gasteiger charge is 2.07. The zero-order valence-electron chi connectivity index (χ0n) is 15.7.